The number of carbonyl (C=O) groups excluding carboxylic acids is 2. The molecule has 0 bridgehead atoms. The molecule has 1 fully saturated rings. The van der Waals surface area contributed by atoms with Crippen molar-refractivity contribution in [2.75, 3.05) is 18.4 Å². The van der Waals surface area contributed by atoms with Crippen LogP contribution >= 0.6 is 11.3 Å². The van der Waals surface area contributed by atoms with Crippen LogP contribution in [0.25, 0.3) is 0 Å². The number of rotatable bonds is 4. The molecule has 1 aliphatic rings. The minimum Gasteiger partial charge on any atom is -0.369 e. The molecule has 0 radical (unpaired) electrons. The number of primary amides is 1. The second-order valence-electron chi connectivity index (χ2n) is 6.00. The highest BCUT2D eigenvalue weighted by atomic mass is 32.1. The topological polar surface area (TPSA) is 88.3 Å². The largest absolute Gasteiger partial charge is 0.369 e. The molecule has 3 N–H and O–H groups in total. The molecule has 1 saturated heterocycles. The van der Waals surface area contributed by atoms with Crippen LogP contribution in [0.15, 0.2) is 29.6 Å². The van der Waals surface area contributed by atoms with Crippen molar-refractivity contribution in [3.05, 3.63) is 40.9 Å². The smallest absolute Gasteiger partial charge is 0.273 e. The molecule has 2 aromatic rings. The van der Waals surface area contributed by atoms with Gasteiger partial charge in [0.2, 0.25) is 5.91 Å². The Kier molecular flexibility index (Phi) is 4.80. The van der Waals surface area contributed by atoms with Crippen molar-refractivity contribution in [2.45, 2.75) is 19.8 Å². The van der Waals surface area contributed by atoms with E-state index in [0.717, 1.165) is 5.69 Å². The SMILES string of the molecule is Cc1ccc(Nc2nc(C(=O)N3CCC(C(N)=O)CC3)cs2)cc1. The fraction of sp³-hybridized carbons (Fsp3) is 0.353. The van der Waals surface area contributed by atoms with Gasteiger partial charge in [-0.1, -0.05) is 17.7 Å². The van der Waals surface area contributed by atoms with Crippen LogP contribution in [-0.4, -0.2) is 34.8 Å². The van der Waals surface area contributed by atoms with Crippen molar-refractivity contribution in [3.63, 3.8) is 0 Å². The molecule has 2 amide bonds. The molecule has 126 valence electrons. The van der Waals surface area contributed by atoms with Gasteiger partial charge in [-0.3, -0.25) is 9.59 Å². The molecular weight excluding hydrogens is 324 g/mol. The minimum atomic E-state index is -0.277. The summed E-state index contributed by atoms with van der Waals surface area (Å²) in [6.07, 6.45) is 1.25. The molecular formula is C17H20N4O2S. The first-order valence-electron chi connectivity index (χ1n) is 7.91. The highest BCUT2D eigenvalue weighted by Gasteiger charge is 2.27. The molecule has 1 aromatic heterocycles. The fourth-order valence-electron chi connectivity index (χ4n) is 2.72. The number of piperidine rings is 1. The molecule has 7 heteroatoms. The Morgan fingerprint density at radius 1 is 1.25 bits per heavy atom. The zero-order valence-corrected chi connectivity index (χ0v) is 14.3. The summed E-state index contributed by atoms with van der Waals surface area (Å²) < 4.78 is 0. The van der Waals surface area contributed by atoms with Gasteiger partial charge >= 0.3 is 0 Å². The van der Waals surface area contributed by atoms with E-state index in [1.54, 1.807) is 10.3 Å². The molecule has 1 aromatic carbocycles. The van der Waals surface area contributed by atoms with Gasteiger partial charge < -0.3 is 16.0 Å². The van der Waals surface area contributed by atoms with E-state index >= 15 is 0 Å². The quantitative estimate of drug-likeness (QED) is 0.892. The maximum atomic E-state index is 12.5. The molecule has 0 spiro atoms. The molecule has 0 atom stereocenters. The van der Waals surface area contributed by atoms with E-state index in [4.69, 9.17) is 5.73 Å². The summed E-state index contributed by atoms with van der Waals surface area (Å²) in [6.45, 7) is 3.13. The lowest BCUT2D eigenvalue weighted by Crippen LogP contribution is -2.41. The minimum absolute atomic E-state index is 0.0915. The van der Waals surface area contributed by atoms with Gasteiger partial charge in [0.25, 0.3) is 5.91 Å². The number of likely N-dealkylation sites (tertiary alicyclic amines) is 1. The first-order valence-corrected chi connectivity index (χ1v) is 8.78. The van der Waals surface area contributed by atoms with Crippen LogP contribution in [0.3, 0.4) is 0 Å². The number of anilines is 2. The lowest BCUT2D eigenvalue weighted by molar-refractivity contribution is -0.123. The van der Waals surface area contributed by atoms with Crippen molar-refractivity contribution < 1.29 is 9.59 Å². The standard InChI is InChI=1S/C17H20N4O2S/c1-11-2-4-13(5-3-11)19-17-20-14(10-24-17)16(23)21-8-6-12(7-9-21)15(18)22/h2-5,10,12H,6-9H2,1H3,(H2,18,22)(H,19,20). The second-order valence-corrected chi connectivity index (χ2v) is 6.86. The maximum absolute atomic E-state index is 12.5. The van der Waals surface area contributed by atoms with Crippen molar-refractivity contribution >= 4 is 34.0 Å². The Labute approximate surface area is 144 Å². The predicted molar refractivity (Wildman–Crippen MR) is 94.4 cm³/mol. The average Bonchev–Trinajstić information content (AvgIpc) is 3.05. The monoisotopic (exact) mass is 344 g/mol. The number of thiazole rings is 1. The van der Waals surface area contributed by atoms with Gasteiger partial charge in [-0.25, -0.2) is 4.98 Å². The van der Waals surface area contributed by atoms with Crippen LogP contribution in [0.4, 0.5) is 10.8 Å². The Morgan fingerprint density at radius 3 is 2.54 bits per heavy atom. The van der Waals surface area contributed by atoms with E-state index < -0.39 is 0 Å². The van der Waals surface area contributed by atoms with Crippen LogP contribution in [0.2, 0.25) is 0 Å². The third-order valence-electron chi connectivity index (χ3n) is 4.21. The summed E-state index contributed by atoms with van der Waals surface area (Å²) in [5.74, 6) is -0.491. The van der Waals surface area contributed by atoms with E-state index in [1.165, 1.54) is 16.9 Å². The van der Waals surface area contributed by atoms with E-state index in [1.807, 2.05) is 31.2 Å². The summed E-state index contributed by atoms with van der Waals surface area (Å²) in [5.41, 5.74) is 7.89. The van der Waals surface area contributed by atoms with Crippen molar-refractivity contribution in [1.82, 2.24) is 9.88 Å². The van der Waals surface area contributed by atoms with E-state index in [9.17, 15) is 9.59 Å². The summed E-state index contributed by atoms with van der Waals surface area (Å²) in [7, 11) is 0. The highest BCUT2D eigenvalue weighted by Crippen LogP contribution is 2.23. The first-order chi connectivity index (χ1) is 11.5. The number of nitrogens with one attached hydrogen (secondary N) is 1. The maximum Gasteiger partial charge on any atom is 0.273 e. The fourth-order valence-corrected chi connectivity index (χ4v) is 3.42. The summed E-state index contributed by atoms with van der Waals surface area (Å²) >= 11 is 1.40. The Morgan fingerprint density at radius 2 is 1.92 bits per heavy atom. The number of aryl methyl sites for hydroxylation is 1. The third kappa shape index (κ3) is 3.73. The van der Waals surface area contributed by atoms with Gasteiger partial charge in [0.1, 0.15) is 5.69 Å². The van der Waals surface area contributed by atoms with Gasteiger partial charge in [-0.2, -0.15) is 0 Å². The second kappa shape index (κ2) is 7.00. The van der Waals surface area contributed by atoms with Gasteiger partial charge in [-0.15, -0.1) is 11.3 Å². The number of amides is 2. The van der Waals surface area contributed by atoms with E-state index in [0.29, 0.717) is 36.8 Å². The van der Waals surface area contributed by atoms with Gasteiger partial charge in [-0.05, 0) is 31.9 Å². The molecule has 3 rings (SSSR count). The number of carbonyl (C=O) groups is 2. The van der Waals surface area contributed by atoms with Crippen LogP contribution in [0.1, 0.15) is 28.9 Å². The summed E-state index contributed by atoms with van der Waals surface area (Å²) in [6, 6.07) is 8.00. The molecule has 6 nitrogen and oxygen atoms in total. The lowest BCUT2D eigenvalue weighted by atomic mass is 9.96. The Balaban J connectivity index is 1.62. The summed E-state index contributed by atoms with van der Waals surface area (Å²) in [4.78, 5) is 29.8. The van der Waals surface area contributed by atoms with Crippen molar-refractivity contribution in [2.24, 2.45) is 11.7 Å². The number of benzene rings is 1. The van der Waals surface area contributed by atoms with Gasteiger partial charge in [0, 0.05) is 30.1 Å². The first kappa shape index (κ1) is 16.4. The molecule has 0 unspecified atom stereocenters. The molecule has 0 aliphatic carbocycles. The molecule has 0 saturated carbocycles. The Hall–Kier alpha value is -2.41. The number of hydrogen-bond acceptors (Lipinski definition) is 5. The highest BCUT2D eigenvalue weighted by molar-refractivity contribution is 7.14. The summed E-state index contributed by atoms with van der Waals surface area (Å²) in [5, 5.41) is 5.66. The lowest BCUT2D eigenvalue weighted by Gasteiger charge is -2.30. The predicted octanol–water partition coefficient (Wildman–Crippen LogP) is 2.53. The van der Waals surface area contributed by atoms with Crippen molar-refractivity contribution in [1.29, 1.82) is 0 Å². The average molecular weight is 344 g/mol. The number of hydrogen-bond donors (Lipinski definition) is 2. The van der Waals surface area contributed by atoms with Crippen LogP contribution in [0, 0.1) is 12.8 Å². The molecule has 24 heavy (non-hydrogen) atoms. The zero-order chi connectivity index (χ0) is 17.1. The van der Waals surface area contributed by atoms with E-state index in [2.05, 4.69) is 10.3 Å². The normalized spacial score (nSPS) is 15.3. The van der Waals surface area contributed by atoms with Gasteiger partial charge in [0.15, 0.2) is 5.13 Å². The molecule has 2 heterocycles. The molecule has 1 aliphatic heterocycles. The van der Waals surface area contributed by atoms with E-state index in [-0.39, 0.29) is 17.7 Å². The number of nitrogens with zero attached hydrogens (tertiary/aromatic N) is 2. The van der Waals surface area contributed by atoms with Crippen LogP contribution < -0.4 is 11.1 Å². The van der Waals surface area contributed by atoms with Crippen LogP contribution in [0.5, 0.6) is 0 Å². The van der Waals surface area contributed by atoms with Crippen LogP contribution in [-0.2, 0) is 4.79 Å². The van der Waals surface area contributed by atoms with Gasteiger partial charge in [0.05, 0.1) is 0 Å². The Bertz CT molecular complexity index is 733. The number of aromatic nitrogens is 1. The zero-order valence-electron chi connectivity index (χ0n) is 13.5. The number of nitrogens with two attached hydrogens (primary N) is 1. The van der Waals surface area contributed by atoms with Crippen molar-refractivity contribution in [3.8, 4) is 0 Å². The third-order valence-corrected chi connectivity index (χ3v) is 4.97.